The molecular weight excluding hydrogens is 156 g/mol. The third kappa shape index (κ3) is 4.69. The van der Waals surface area contributed by atoms with E-state index in [0.29, 0.717) is 16.7 Å². The Kier molecular flexibility index (Phi) is 4.02. The molecule has 0 aliphatic heterocycles. The Morgan fingerprint density at radius 1 is 0.923 bits per heavy atom. The van der Waals surface area contributed by atoms with Crippen LogP contribution in [0.3, 0.4) is 0 Å². The Bertz CT molecular complexity index is 126. The third-order valence-corrected chi connectivity index (χ3v) is 2.73. The maximum absolute atomic E-state index is 4.11. The fourth-order valence-electron chi connectivity index (χ4n) is 2.41. The third-order valence-electron chi connectivity index (χ3n) is 2.73. The van der Waals surface area contributed by atoms with Gasteiger partial charge in [0.05, 0.1) is 0 Å². The normalized spacial score (nSPS) is 14.3. The summed E-state index contributed by atoms with van der Waals surface area (Å²) in [5.74, 6) is 1.30. The predicted molar refractivity (Wildman–Crippen MR) is 61.5 cm³/mol. The van der Waals surface area contributed by atoms with Gasteiger partial charge in [0, 0.05) is 0 Å². The maximum atomic E-state index is 4.11. The van der Waals surface area contributed by atoms with Crippen molar-refractivity contribution < 1.29 is 0 Å². The van der Waals surface area contributed by atoms with Crippen LogP contribution in [-0.2, 0) is 0 Å². The Balaban J connectivity index is 4.58. The smallest absolute Gasteiger partial charge is 0.0314 e. The fourth-order valence-corrected chi connectivity index (χ4v) is 2.41. The van der Waals surface area contributed by atoms with E-state index in [0.717, 1.165) is 5.92 Å². The summed E-state index contributed by atoms with van der Waals surface area (Å²) >= 11 is 0. The van der Waals surface area contributed by atoms with Crippen molar-refractivity contribution in [1.82, 2.24) is 0 Å². The van der Waals surface area contributed by atoms with Crippen LogP contribution in [0.2, 0.25) is 0 Å². The Morgan fingerprint density at radius 2 is 1.23 bits per heavy atom. The van der Waals surface area contributed by atoms with Gasteiger partial charge in [-0.3, -0.25) is 0 Å². The lowest BCUT2D eigenvalue weighted by atomic mass is 9.64. The molecular formula is C13H27. The molecule has 0 heteroatoms. The minimum atomic E-state index is 0.393. The minimum absolute atomic E-state index is 0.393. The summed E-state index contributed by atoms with van der Waals surface area (Å²) in [6.45, 7) is 20.3. The second-order valence-corrected chi connectivity index (χ2v) is 6.63. The van der Waals surface area contributed by atoms with Gasteiger partial charge in [0.1, 0.15) is 0 Å². The highest BCUT2D eigenvalue weighted by atomic mass is 14.4. The van der Waals surface area contributed by atoms with Gasteiger partial charge < -0.3 is 0 Å². The largest absolute Gasteiger partial charge is 0.0625 e. The molecule has 0 fully saturated rings. The first-order valence-corrected chi connectivity index (χ1v) is 5.38. The molecule has 0 bridgehead atoms. The molecule has 0 amide bonds. The SMILES string of the molecule is [CH2]C(C)CC(C(C)(C)C)C(C)(C)C. The van der Waals surface area contributed by atoms with E-state index in [-0.39, 0.29) is 0 Å². The lowest BCUT2D eigenvalue weighted by Gasteiger charge is -2.42. The summed E-state index contributed by atoms with van der Waals surface area (Å²) in [7, 11) is 0. The lowest BCUT2D eigenvalue weighted by Crippen LogP contribution is -2.33. The van der Waals surface area contributed by atoms with Crippen molar-refractivity contribution in [2.45, 2.75) is 54.9 Å². The summed E-state index contributed by atoms with van der Waals surface area (Å²) in [5.41, 5.74) is 0.786. The summed E-state index contributed by atoms with van der Waals surface area (Å²) in [6.07, 6.45) is 1.23. The summed E-state index contributed by atoms with van der Waals surface area (Å²) in [6, 6.07) is 0. The van der Waals surface area contributed by atoms with Crippen LogP contribution in [0.5, 0.6) is 0 Å². The second kappa shape index (κ2) is 4.02. The van der Waals surface area contributed by atoms with Gasteiger partial charge in [-0.05, 0) is 29.1 Å². The highest BCUT2D eigenvalue weighted by Gasteiger charge is 2.34. The first-order chi connectivity index (χ1) is 5.55. The van der Waals surface area contributed by atoms with Gasteiger partial charge in [-0.1, -0.05) is 55.4 Å². The zero-order valence-corrected chi connectivity index (χ0v) is 10.6. The predicted octanol–water partition coefficient (Wildman–Crippen LogP) is 4.56. The quantitative estimate of drug-likeness (QED) is 0.589. The van der Waals surface area contributed by atoms with Crippen LogP contribution in [0.4, 0.5) is 0 Å². The van der Waals surface area contributed by atoms with E-state index in [1.165, 1.54) is 6.42 Å². The lowest BCUT2D eigenvalue weighted by molar-refractivity contribution is 0.0831. The Labute approximate surface area is 85.1 Å². The van der Waals surface area contributed by atoms with E-state index in [9.17, 15) is 0 Å². The number of hydrogen-bond donors (Lipinski definition) is 0. The topological polar surface area (TPSA) is 0 Å². The van der Waals surface area contributed by atoms with E-state index in [2.05, 4.69) is 55.4 Å². The molecule has 79 valence electrons. The molecule has 0 spiro atoms. The zero-order valence-electron chi connectivity index (χ0n) is 10.6. The molecule has 0 aromatic heterocycles. The van der Waals surface area contributed by atoms with Crippen LogP contribution in [-0.4, -0.2) is 0 Å². The van der Waals surface area contributed by atoms with Crippen molar-refractivity contribution >= 4 is 0 Å². The maximum Gasteiger partial charge on any atom is -0.0314 e. The molecule has 0 aromatic carbocycles. The standard InChI is InChI=1S/C13H27/c1-10(2)9-11(12(3,4)5)13(6,7)8/h10-11H,1,9H2,2-8H3. The highest BCUT2D eigenvalue weighted by molar-refractivity contribution is 4.85. The van der Waals surface area contributed by atoms with Gasteiger partial charge in [-0.2, -0.15) is 0 Å². The summed E-state index contributed by atoms with van der Waals surface area (Å²) in [4.78, 5) is 0. The Hall–Kier alpha value is 0. The zero-order chi connectivity index (χ0) is 10.9. The van der Waals surface area contributed by atoms with E-state index in [1.807, 2.05) is 0 Å². The average Bonchev–Trinajstić information content (AvgIpc) is 1.77. The van der Waals surface area contributed by atoms with Gasteiger partial charge in [0.15, 0.2) is 0 Å². The monoisotopic (exact) mass is 183 g/mol. The molecule has 0 aliphatic rings. The molecule has 0 aromatic rings. The van der Waals surface area contributed by atoms with Crippen LogP contribution in [0, 0.1) is 29.6 Å². The van der Waals surface area contributed by atoms with Gasteiger partial charge in [0.25, 0.3) is 0 Å². The van der Waals surface area contributed by atoms with Crippen molar-refractivity contribution in [1.29, 1.82) is 0 Å². The van der Waals surface area contributed by atoms with Crippen LogP contribution in [0.15, 0.2) is 0 Å². The number of rotatable bonds is 2. The van der Waals surface area contributed by atoms with Crippen LogP contribution >= 0.6 is 0 Å². The molecule has 0 saturated carbocycles. The first-order valence-electron chi connectivity index (χ1n) is 5.38. The van der Waals surface area contributed by atoms with E-state index >= 15 is 0 Å². The van der Waals surface area contributed by atoms with Gasteiger partial charge in [0.2, 0.25) is 0 Å². The first kappa shape index (κ1) is 13.0. The fraction of sp³-hybridized carbons (Fsp3) is 0.923. The van der Waals surface area contributed by atoms with Gasteiger partial charge >= 0.3 is 0 Å². The highest BCUT2D eigenvalue weighted by Crippen LogP contribution is 2.43. The van der Waals surface area contributed by atoms with Crippen LogP contribution in [0.25, 0.3) is 0 Å². The van der Waals surface area contributed by atoms with Crippen molar-refractivity contribution in [3.63, 3.8) is 0 Å². The van der Waals surface area contributed by atoms with Crippen molar-refractivity contribution in [2.24, 2.45) is 22.7 Å². The Morgan fingerprint density at radius 3 is 1.31 bits per heavy atom. The second-order valence-electron chi connectivity index (χ2n) is 6.63. The van der Waals surface area contributed by atoms with Crippen LogP contribution in [0.1, 0.15) is 54.9 Å². The van der Waals surface area contributed by atoms with Crippen molar-refractivity contribution in [2.75, 3.05) is 0 Å². The van der Waals surface area contributed by atoms with E-state index in [1.54, 1.807) is 0 Å². The molecule has 0 rings (SSSR count). The van der Waals surface area contributed by atoms with Crippen molar-refractivity contribution in [3.05, 3.63) is 6.92 Å². The molecule has 0 saturated heterocycles. The molecule has 1 atom stereocenters. The van der Waals surface area contributed by atoms with Crippen LogP contribution < -0.4 is 0 Å². The van der Waals surface area contributed by atoms with Gasteiger partial charge in [-0.15, -0.1) is 0 Å². The molecule has 0 aliphatic carbocycles. The molecule has 0 N–H and O–H groups in total. The molecule has 0 heterocycles. The molecule has 0 nitrogen and oxygen atoms in total. The molecule has 13 heavy (non-hydrogen) atoms. The summed E-state index contributed by atoms with van der Waals surface area (Å²) in [5, 5.41) is 0. The molecule has 1 unspecified atom stereocenters. The van der Waals surface area contributed by atoms with Gasteiger partial charge in [-0.25, -0.2) is 0 Å². The van der Waals surface area contributed by atoms with E-state index < -0.39 is 0 Å². The van der Waals surface area contributed by atoms with Crippen molar-refractivity contribution in [3.8, 4) is 0 Å². The number of hydrogen-bond acceptors (Lipinski definition) is 0. The molecule has 1 radical (unpaired) electrons. The van der Waals surface area contributed by atoms with E-state index in [4.69, 9.17) is 0 Å². The average molecular weight is 183 g/mol. The minimum Gasteiger partial charge on any atom is -0.0625 e. The summed E-state index contributed by atoms with van der Waals surface area (Å²) < 4.78 is 0.